The smallest absolute Gasteiger partial charge is 0.274 e. The van der Waals surface area contributed by atoms with Crippen LogP contribution in [-0.2, 0) is 22.4 Å². The number of aldehydes is 1. The van der Waals surface area contributed by atoms with Gasteiger partial charge in [0.15, 0.2) is 12.0 Å². The number of benzene rings is 3. The highest BCUT2D eigenvalue weighted by Crippen LogP contribution is 2.28. The molecule has 0 radical (unpaired) electrons. The second-order valence-electron chi connectivity index (χ2n) is 17.1. The molecular weight excluding hydrogens is 852 g/mol. The molecule has 3 aliphatic heterocycles. The van der Waals surface area contributed by atoms with Crippen molar-refractivity contribution in [1.29, 1.82) is 0 Å². The summed E-state index contributed by atoms with van der Waals surface area (Å²) in [6, 6.07) is 21.5. The third-order valence-electron chi connectivity index (χ3n) is 12.7. The summed E-state index contributed by atoms with van der Waals surface area (Å²) in [5, 5.41) is 10.6. The zero-order chi connectivity index (χ0) is 47.9. The Morgan fingerprint density at radius 3 is 2.21 bits per heavy atom. The molecule has 0 aliphatic carbocycles. The van der Waals surface area contributed by atoms with Crippen molar-refractivity contribution < 1.29 is 23.6 Å². The van der Waals surface area contributed by atoms with E-state index in [1.54, 1.807) is 24.4 Å². The van der Waals surface area contributed by atoms with Crippen molar-refractivity contribution in [3.8, 4) is 11.1 Å². The van der Waals surface area contributed by atoms with E-state index in [0.29, 0.717) is 55.0 Å². The van der Waals surface area contributed by atoms with Gasteiger partial charge in [-0.1, -0.05) is 69.3 Å². The monoisotopic (exact) mass is 917 g/mol. The lowest BCUT2D eigenvalue weighted by Crippen LogP contribution is -2.53. The maximum atomic E-state index is 13.6. The fourth-order valence-electron chi connectivity index (χ4n) is 8.66. The maximum Gasteiger partial charge on any atom is 0.274 e. The number of nitrogens with two attached hydrogens (primary N) is 1. The van der Waals surface area contributed by atoms with Crippen LogP contribution in [0.2, 0.25) is 0 Å². The van der Waals surface area contributed by atoms with Gasteiger partial charge in [-0.3, -0.25) is 28.9 Å². The van der Waals surface area contributed by atoms with E-state index in [-0.39, 0.29) is 41.1 Å². The first kappa shape index (κ1) is 50.2. The van der Waals surface area contributed by atoms with E-state index in [0.717, 1.165) is 100 Å². The molecule has 2 aromatic heterocycles. The minimum atomic E-state index is -0.548. The van der Waals surface area contributed by atoms with Gasteiger partial charge in [-0.25, -0.2) is 14.5 Å². The molecule has 0 spiro atoms. The zero-order valence-corrected chi connectivity index (χ0v) is 39.3. The summed E-state index contributed by atoms with van der Waals surface area (Å²) in [7, 11) is 2.10. The SMILES string of the molecule is CC.CCc1cccc(-c2cnc(C(=O)N3CCC(CN4CCN(CC(=O)N5CCN(C)CC5)CC4)CC3)c(NC(=O)CN)c2)c1.O=Cc1cc(Cc2n[nH]c(=O)c3ccccc23)ccc1F. The predicted molar refractivity (Wildman–Crippen MR) is 261 cm³/mol. The molecular formula is C51H65FN10O5. The molecule has 3 saturated heterocycles. The van der Waals surface area contributed by atoms with Gasteiger partial charge in [-0.15, -0.1) is 0 Å². The maximum absolute atomic E-state index is 13.6. The van der Waals surface area contributed by atoms with Gasteiger partial charge in [0.1, 0.15) is 5.82 Å². The van der Waals surface area contributed by atoms with Crippen LogP contribution in [0.1, 0.15) is 71.3 Å². The summed E-state index contributed by atoms with van der Waals surface area (Å²) in [6.45, 7) is 16.1. The summed E-state index contributed by atoms with van der Waals surface area (Å²) in [5.74, 6) is -0.293. The first-order valence-corrected chi connectivity index (χ1v) is 23.5. The van der Waals surface area contributed by atoms with Crippen molar-refractivity contribution in [3.63, 3.8) is 0 Å². The normalized spacial score (nSPS) is 16.1. The molecule has 356 valence electrons. The van der Waals surface area contributed by atoms with Gasteiger partial charge in [0, 0.05) is 95.6 Å². The van der Waals surface area contributed by atoms with Crippen LogP contribution < -0.4 is 16.6 Å². The number of fused-ring (bicyclic) bond motifs is 1. The van der Waals surface area contributed by atoms with E-state index in [1.807, 2.05) is 54.0 Å². The van der Waals surface area contributed by atoms with E-state index >= 15 is 0 Å². The fraction of sp³-hybridized carbons (Fsp3) is 0.431. The molecule has 3 aromatic carbocycles. The quantitative estimate of drug-likeness (QED) is 0.144. The Bertz CT molecular complexity index is 2530. The topological polar surface area (TPSA) is 181 Å². The number of hydrogen-bond donors (Lipinski definition) is 3. The number of aromatic amines is 1. The standard InChI is InChI=1S/C33H48N8O3.C16H11FN2O2.C2H6/c1-3-25-5-4-6-27(19-25)28-20-29(36-30(42)21-34)32(35-22-28)33(44)41-9-7-26(8-10-41)23-38-13-15-39(16-14-38)24-31(43)40-17-11-37(2)12-18-40;17-14-6-5-10(7-11(14)9-20)8-15-12-3-1-2-4-13(12)16(21)19-18-15;1-2/h4-6,19-20,22,26H,3,7-18,21,23-24,34H2,1-2H3,(H,36,42);1-7,9H,8H2,(H,19,21);1-2H3. The van der Waals surface area contributed by atoms with Crippen molar-refractivity contribution in [1.82, 2.24) is 39.7 Å². The number of H-pyrrole nitrogens is 1. The molecule has 5 heterocycles. The highest BCUT2D eigenvalue weighted by atomic mass is 19.1. The lowest BCUT2D eigenvalue weighted by molar-refractivity contribution is -0.134. The number of nitrogens with zero attached hydrogens (tertiary/aromatic N) is 7. The largest absolute Gasteiger partial charge is 0.339 e. The Morgan fingerprint density at radius 2 is 1.52 bits per heavy atom. The van der Waals surface area contributed by atoms with Gasteiger partial charge in [-0.05, 0) is 73.2 Å². The van der Waals surface area contributed by atoms with Crippen LogP contribution in [0.4, 0.5) is 10.1 Å². The molecule has 3 amide bonds. The van der Waals surface area contributed by atoms with Gasteiger partial charge in [0.05, 0.1) is 35.4 Å². The Labute approximate surface area is 392 Å². The van der Waals surface area contributed by atoms with E-state index in [1.165, 1.54) is 17.7 Å². The second-order valence-corrected chi connectivity index (χ2v) is 17.1. The number of likely N-dealkylation sites (tertiary alicyclic amines) is 1. The van der Waals surface area contributed by atoms with E-state index in [2.05, 4.69) is 61.3 Å². The van der Waals surface area contributed by atoms with Crippen LogP contribution >= 0.6 is 0 Å². The summed E-state index contributed by atoms with van der Waals surface area (Å²) in [5.41, 5.74) is 10.5. The van der Waals surface area contributed by atoms with Gasteiger partial charge < -0.3 is 30.7 Å². The van der Waals surface area contributed by atoms with Crippen LogP contribution in [0.25, 0.3) is 21.9 Å². The molecule has 0 unspecified atom stereocenters. The Morgan fingerprint density at radius 1 is 0.821 bits per heavy atom. The first-order valence-electron chi connectivity index (χ1n) is 23.5. The van der Waals surface area contributed by atoms with E-state index in [4.69, 9.17) is 5.73 Å². The Kier molecular flexibility index (Phi) is 18.4. The third kappa shape index (κ3) is 13.5. The van der Waals surface area contributed by atoms with Crippen LogP contribution in [0.3, 0.4) is 0 Å². The number of piperazine rings is 2. The van der Waals surface area contributed by atoms with Crippen molar-refractivity contribution in [3.05, 3.63) is 123 Å². The van der Waals surface area contributed by atoms with Crippen LogP contribution in [-0.4, -0.2) is 156 Å². The predicted octanol–water partition coefficient (Wildman–Crippen LogP) is 4.94. The molecule has 0 atom stereocenters. The van der Waals surface area contributed by atoms with Crippen LogP contribution in [0.15, 0.2) is 83.8 Å². The zero-order valence-electron chi connectivity index (χ0n) is 39.3. The summed E-state index contributed by atoms with van der Waals surface area (Å²) < 4.78 is 13.3. The molecule has 0 saturated carbocycles. The average molecular weight is 917 g/mol. The number of rotatable bonds is 12. The number of piperidine rings is 1. The number of aryl methyl sites for hydroxylation is 1. The molecule has 4 N–H and O–H groups in total. The van der Waals surface area contributed by atoms with Crippen molar-refractivity contribution in [2.24, 2.45) is 11.7 Å². The summed E-state index contributed by atoms with van der Waals surface area (Å²) >= 11 is 0. The summed E-state index contributed by atoms with van der Waals surface area (Å²) in [6.07, 6.45) is 5.38. The second kappa shape index (κ2) is 24.5. The lowest BCUT2D eigenvalue weighted by atomic mass is 9.95. The molecule has 15 nitrogen and oxygen atoms in total. The Hall–Kier alpha value is -6.20. The van der Waals surface area contributed by atoms with Crippen molar-refractivity contribution in [2.45, 2.75) is 46.5 Å². The Balaban J connectivity index is 0.000000268. The molecule has 3 aliphatic rings. The summed E-state index contributed by atoms with van der Waals surface area (Å²) in [4.78, 5) is 76.6. The van der Waals surface area contributed by atoms with Gasteiger partial charge in [-0.2, -0.15) is 5.10 Å². The van der Waals surface area contributed by atoms with E-state index < -0.39 is 5.82 Å². The van der Waals surface area contributed by atoms with Gasteiger partial charge in [0.2, 0.25) is 11.8 Å². The number of halogens is 1. The number of anilines is 1. The number of nitrogens with one attached hydrogen (secondary N) is 2. The average Bonchev–Trinajstić information content (AvgIpc) is 3.37. The minimum Gasteiger partial charge on any atom is -0.339 e. The number of likely N-dealkylation sites (N-methyl/N-ethyl adjacent to an activating group) is 1. The molecule has 5 aromatic rings. The van der Waals surface area contributed by atoms with Gasteiger partial charge in [0.25, 0.3) is 11.5 Å². The molecule has 8 rings (SSSR count). The molecule has 3 fully saturated rings. The number of amides is 3. The van der Waals surface area contributed by atoms with Gasteiger partial charge >= 0.3 is 0 Å². The number of aromatic nitrogens is 3. The van der Waals surface area contributed by atoms with Crippen molar-refractivity contribution >= 4 is 40.5 Å². The third-order valence-corrected chi connectivity index (χ3v) is 12.7. The lowest BCUT2D eigenvalue weighted by Gasteiger charge is -2.39. The van der Waals surface area contributed by atoms with E-state index in [9.17, 15) is 28.4 Å². The highest BCUT2D eigenvalue weighted by Gasteiger charge is 2.30. The molecule has 67 heavy (non-hydrogen) atoms. The number of hydrogen-bond acceptors (Lipinski definition) is 11. The number of carbonyl (C=O) groups is 4. The first-order chi connectivity index (χ1) is 32.5. The highest BCUT2D eigenvalue weighted by molar-refractivity contribution is 6.03. The van der Waals surface area contributed by atoms with Crippen LogP contribution in [0, 0.1) is 11.7 Å². The fourth-order valence-corrected chi connectivity index (χ4v) is 8.66. The number of pyridine rings is 1. The van der Waals surface area contributed by atoms with Crippen molar-refractivity contribution in [2.75, 3.05) is 97.4 Å². The molecule has 16 heteroatoms. The minimum absolute atomic E-state index is 0.0150. The van der Waals surface area contributed by atoms with Crippen LogP contribution in [0.5, 0.6) is 0 Å². The molecule has 0 bridgehead atoms. The number of carbonyl (C=O) groups excluding carboxylic acids is 4.